The second-order valence-corrected chi connectivity index (χ2v) is 9.04. The fraction of sp³-hybridized carbons (Fsp3) is 1.00. The van der Waals surface area contributed by atoms with Gasteiger partial charge in [-0.2, -0.15) is 0 Å². The molecule has 0 aromatic rings. The molecule has 0 amide bonds. The van der Waals surface area contributed by atoms with Crippen molar-refractivity contribution in [2.24, 2.45) is 11.3 Å². The van der Waals surface area contributed by atoms with E-state index in [4.69, 9.17) is 0 Å². The molecule has 3 nitrogen and oxygen atoms in total. The van der Waals surface area contributed by atoms with E-state index in [2.05, 4.69) is 19.2 Å². The Bertz CT molecular complexity index is 343. The van der Waals surface area contributed by atoms with Gasteiger partial charge in [0.05, 0.1) is 5.75 Å². The Morgan fingerprint density at radius 3 is 2.37 bits per heavy atom. The first-order chi connectivity index (χ1) is 8.89. The molecule has 1 fully saturated rings. The van der Waals surface area contributed by atoms with Crippen molar-refractivity contribution >= 4 is 9.84 Å². The summed E-state index contributed by atoms with van der Waals surface area (Å²) in [5.41, 5.74) is 0.373. The van der Waals surface area contributed by atoms with Crippen LogP contribution in [0.4, 0.5) is 0 Å². The monoisotopic (exact) mass is 289 g/mol. The molecule has 4 heteroatoms. The van der Waals surface area contributed by atoms with Crippen LogP contribution in [0.3, 0.4) is 0 Å². The summed E-state index contributed by atoms with van der Waals surface area (Å²) in [5, 5.41) is 3.58. The summed E-state index contributed by atoms with van der Waals surface area (Å²) < 4.78 is 23.1. The zero-order valence-corrected chi connectivity index (χ0v) is 13.7. The first kappa shape index (κ1) is 17.0. The molecule has 0 heterocycles. The predicted octanol–water partition coefficient (Wildman–Crippen LogP) is 3.01. The molecule has 0 aromatic carbocycles. The number of hydrogen-bond donors (Lipinski definition) is 1. The van der Waals surface area contributed by atoms with Gasteiger partial charge in [-0.25, -0.2) is 8.42 Å². The molecule has 114 valence electrons. The largest absolute Gasteiger partial charge is 0.316 e. The third-order valence-electron chi connectivity index (χ3n) is 4.32. The van der Waals surface area contributed by atoms with Crippen LogP contribution in [0.2, 0.25) is 0 Å². The molecule has 1 aliphatic carbocycles. The van der Waals surface area contributed by atoms with Crippen LogP contribution >= 0.6 is 0 Å². The SMILES string of the molecule is CCS(=O)(=O)CCCC1(CNCC(C)C)CCCC1. The lowest BCUT2D eigenvalue weighted by atomic mass is 9.81. The van der Waals surface area contributed by atoms with E-state index in [0.29, 0.717) is 17.1 Å². The molecule has 1 rings (SSSR count). The molecule has 0 saturated heterocycles. The molecule has 0 atom stereocenters. The average molecular weight is 289 g/mol. The standard InChI is InChI=1S/C15H31NO2S/c1-4-19(17,18)11-7-10-15(8-5-6-9-15)13-16-12-14(2)3/h14,16H,4-13H2,1-3H3. The lowest BCUT2D eigenvalue weighted by molar-refractivity contribution is 0.251. The lowest BCUT2D eigenvalue weighted by Crippen LogP contribution is -2.34. The fourth-order valence-corrected chi connectivity index (χ4v) is 3.95. The summed E-state index contributed by atoms with van der Waals surface area (Å²) in [5.74, 6) is 1.33. The van der Waals surface area contributed by atoms with Gasteiger partial charge in [-0.05, 0) is 43.6 Å². The van der Waals surface area contributed by atoms with Gasteiger partial charge >= 0.3 is 0 Å². The molecule has 1 aliphatic rings. The van der Waals surface area contributed by atoms with Crippen molar-refractivity contribution in [2.75, 3.05) is 24.6 Å². The van der Waals surface area contributed by atoms with Crippen LogP contribution in [0.1, 0.15) is 59.3 Å². The van der Waals surface area contributed by atoms with Gasteiger partial charge in [0.15, 0.2) is 0 Å². The van der Waals surface area contributed by atoms with Crippen LogP contribution in [0.15, 0.2) is 0 Å². The van der Waals surface area contributed by atoms with Crippen LogP contribution in [0.25, 0.3) is 0 Å². The molecular weight excluding hydrogens is 258 g/mol. The van der Waals surface area contributed by atoms with E-state index in [0.717, 1.165) is 25.9 Å². The molecule has 0 unspecified atom stereocenters. The highest BCUT2D eigenvalue weighted by atomic mass is 32.2. The minimum absolute atomic E-state index is 0.283. The minimum Gasteiger partial charge on any atom is -0.316 e. The van der Waals surface area contributed by atoms with Crippen molar-refractivity contribution < 1.29 is 8.42 Å². The number of nitrogens with one attached hydrogen (secondary N) is 1. The van der Waals surface area contributed by atoms with Gasteiger partial charge in [0.2, 0.25) is 0 Å². The smallest absolute Gasteiger partial charge is 0.150 e. The van der Waals surface area contributed by atoms with Crippen LogP contribution in [0, 0.1) is 11.3 Å². The maximum atomic E-state index is 11.6. The zero-order valence-electron chi connectivity index (χ0n) is 12.9. The second kappa shape index (κ2) is 7.63. The van der Waals surface area contributed by atoms with Gasteiger partial charge in [0, 0.05) is 12.3 Å². The third kappa shape index (κ3) is 6.26. The highest BCUT2D eigenvalue weighted by Gasteiger charge is 2.33. The fourth-order valence-electron chi connectivity index (χ4n) is 3.08. The highest BCUT2D eigenvalue weighted by Crippen LogP contribution is 2.41. The van der Waals surface area contributed by atoms with Crippen LogP contribution in [-0.4, -0.2) is 33.0 Å². The topological polar surface area (TPSA) is 46.2 Å². The highest BCUT2D eigenvalue weighted by molar-refractivity contribution is 7.91. The Labute approximate surface area is 119 Å². The van der Waals surface area contributed by atoms with Crippen molar-refractivity contribution in [3.8, 4) is 0 Å². The summed E-state index contributed by atoms with van der Waals surface area (Å²) in [6.07, 6.45) is 7.05. The van der Waals surface area contributed by atoms with E-state index in [1.165, 1.54) is 25.7 Å². The predicted molar refractivity (Wildman–Crippen MR) is 82.2 cm³/mol. The van der Waals surface area contributed by atoms with Gasteiger partial charge in [-0.3, -0.25) is 0 Å². The second-order valence-electron chi connectivity index (χ2n) is 6.57. The van der Waals surface area contributed by atoms with Gasteiger partial charge in [-0.1, -0.05) is 33.6 Å². The van der Waals surface area contributed by atoms with E-state index in [-0.39, 0.29) is 5.75 Å². The number of sulfone groups is 1. The Morgan fingerprint density at radius 2 is 1.84 bits per heavy atom. The van der Waals surface area contributed by atoms with Gasteiger partial charge in [0.1, 0.15) is 9.84 Å². The van der Waals surface area contributed by atoms with Crippen molar-refractivity contribution in [1.82, 2.24) is 5.32 Å². The van der Waals surface area contributed by atoms with Crippen molar-refractivity contribution in [2.45, 2.75) is 59.3 Å². The maximum Gasteiger partial charge on any atom is 0.150 e. The number of rotatable bonds is 9. The Balaban J connectivity index is 2.39. The van der Waals surface area contributed by atoms with Gasteiger partial charge in [0.25, 0.3) is 0 Å². The van der Waals surface area contributed by atoms with Crippen molar-refractivity contribution in [1.29, 1.82) is 0 Å². The van der Waals surface area contributed by atoms with Crippen molar-refractivity contribution in [3.05, 3.63) is 0 Å². The van der Waals surface area contributed by atoms with E-state index in [1.807, 2.05) is 0 Å². The van der Waals surface area contributed by atoms with Gasteiger partial charge < -0.3 is 5.32 Å². The van der Waals surface area contributed by atoms with E-state index in [9.17, 15) is 8.42 Å². The van der Waals surface area contributed by atoms with E-state index in [1.54, 1.807) is 6.92 Å². The van der Waals surface area contributed by atoms with E-state index < -0.39 is 9.84 Å². The normalized spacial score (nSPS) is 19.2. The Morgan fingerprint density at radius 1 is 1.21 bits per heavy atom. The molecule has 0 spiro atoms. The summed E-state index contributed by atoms with van der Waals surface area (Å²) in [7, 11) is -2.79. The molecule has 19 heavy (non-hydrogen) atoms. The molecule has 0 radical (unpaired) electrons. The summed E-state index contributed by atoms with van der Waals surface area (Å²) in [6.45, 7) is 8.32. The summed E-state index contributed by atoms with van der Waals surface area (Å²) >= 11 is 0. The molecule has 1 saturated carbocycles. The minimum atomic E-state index is -2.79. The summed E-state index contributed by atoms with van der Waals surface area (Å²) in [6, 6.07) is 0. The molecule has 1 N–H and O–H groups in total. The quantitative estimate of drug-likeness (QED) is 0.710. The maximum absolute atomic E-state index is 11.6. The van der Waals surface area contributed by atoms with Crippen molar-refractivity contribution in [3.63, 3.8) is 0 Å². The Kier molecular flexibility index (Phi) is 6.81. The summed E-state index contributed by atoms with van der Waals surface area (Å²) in [4.78, 5) is 0. The molecular formula is C15H31NO2S. The zero-order chi connectivity index (χ0) is 14.4. The van der Waals surface area contributed by atoms with Crippen LogP contribution < -0.4 is 5.32 Å². The number of hydrogen-bond acceptors (Lipinski definition) is 3. The molecule has 0 aromatic heterocycles. The molecule has 0 bridgehead atoms. The van der Waals surface area contributed by atoms with Gasteiger partial charge in [-0.15, -0.1) is 0 Å². The lowest BCUT2D eigenvalue weighted by Gasteiger charge is -2.30. The van der Waals surface area contributed by atoms with Crippen LogP contribution in [-0.2, 0) is 9.84 Å². The molecule has 0 aliphatic heterocycles. The van der Waals surface area contributed by atoms with E-state index >= 15 is 0 Å². The first-order valence-corrected chi connectivity index (χ1v) is 9.62. The van der Waals surface area contributed by atoms with Crippen LogP contribution in [0.5, 0.6) is 0 Å². The average Bonchev–Trinajstić information content (AvgIpc) is 2.77. The Hall–Kier alpha value is -0.0900. The first-order valence-electron chi connectivity index (χ1n) is 7.80. The third-order valence-corrected chi connectivity index (χ3v) is 6.11.